The molecule has 0 saturated carbocycles. The minimum atomic E-state index is -0.220. The molecule has 5 heteroatoms. The molecule has 0 spiro atoms. The summed E-state index contributed by atoms with van der Waals surface area (Å²) in [6.45, 7) is 6.93. The molecule has 0 radical (unpaired) electrons. The van der Waals surface area contributed by atoms with Crippen molar-refractivity contribution in [2.45, 2.75) is 20.3 Å². The summed E-state index contributed by atoms with van der Waals surface area (Å²) < 4.78 is 18.6. The van der Waals surface area contributed by atoms with E-state index in [1.165, 1.54) is 12.1 Å². The van der Waals surface area contributed by atoms with Gasteiger partial charge in [-0.05, 0) is 74.2 Å². The highest BCUT2D eigenvalue weighted by atomic mass is 19.1. The van der Waals surface area contributed by atoms with Gasteiger partial charge in [-0.25, -0.2) is 4.39 Å². The van der Waals surface area contributed by atoms with Crippen molar-refractivity contribution in [2.24, 2.45) is 5.92 Å². The molecule has 1 heterocycles. The molecule has 1 unspecified atom stereocenters. The Kier molecular flexibility index (Phi) is 5.76. The van der Waals surface area contributed by atoms with E-state index in [4.69, 9.17) is 4.74 Å². The summed E-state index contributed by atoms with van der Waals surface area (Å²) in [7, 11) is 0. The summed E-state index contributed by atoms with van der Waals surface area (Å²) in [5.74, 6) is 0.932. The minimum absolute atomic E-state index is 0.0589. The van der Waals surface area contributed by atoms with Crippen LogP contribution in [0.15, 0.2) is 42.5 Å². The first-order chi connectivity index (χ1) is 12.6. The van der Waals surface area contributed by atoms with E-state index in [0.29, 0.717) is 24.6 Å². The standard InChI is InChI=1S/C21H25FN2O2/c1-3-26-20-9-4-17(12-15(20)2)21(25)23-13-16-10-11-24(14-16)19-7-5-18(22)6-8-19/h4-9,12,16H,3,10-11,13-14H2,1-2H3,(H,23,25). The predicted octanol–water partition coefficient (Wildman–Crippen LogP) is 3.79. The van der Waals surface area contributed by atoms with Crippen LogP contribution in [0.25, 0.3) is 0 Å². The van der Waals surface area contributed by atoms with Crippen LogP contribution < -0.4 is 15.0 Å². The summed E-state index contributed by atoms with van der Waals surface area (Å²) in [5.41, 5.74) is 2.64. The second kappa shape index (κ2) is 8.21. The van der Waals surface area contributed by atoms with Gasteiger partial charge < -0.3 is 15.0 Å². The van der Waals surface area contributed by atoms with Gasteiger partial charge in [0.1, 0.15) is 11.6 Å². The van der Waals surface area contributed by atoms with Crippen molar-refractivity contribution >= 4 is 11.6 Å². The lowest BCUT2D eigenvalue weighted by atomic mass is 10.1. The molecule has 0 aliphatic carbocycles. The second-order valence-electron chi connectivity index (χ2n) is 6.70. The molecule has 3 rings (SSSR count). The number of hydrogen-bond donors (Lipinski definition) is 1. The molecule has 2 aromatic carbocycles. The summed E-state index contributed by atoms with van der Waals surface area (Å²) in [6.07, 6.45) is 1.01. The number of amides is 1. The lowest BCUT2D eigenvalue weighted by molar-refractivity contribution is 0.0948. The van der Waals surface area contributed by atoms with Gasteiger partial charge in [-0.3, -0.25) is 4.79 Å². The van der Waals surface area contributed by atoms with Gasteiger partial charge in [0, 0.05) is 30.9 Å². The normalized spacial score (nSPS) is 16.6. The van der Waals surface area contributed by atoms with Crippen LogP contribution in [0.3, 0.4) is 0 Å². The fourth-order valence-corrected chi connectivity index (χ4v) is 3.33. The molecule has 2 aromatic rings. The molecule has 26 heavy (non-hydrogen) atoms. The van der Waals surface area contributed by atoms with Gasteiger partial charge in [0.05, 0.1) is 6.61 Å². The third-order valence-corrected chi connectivity index (χ3v) is 4.77. The highest BCUT2D eigenvalue weighted by Gasteiger charge is 2.23. The number of aryl methyl sites for hydroxylation is 1. The Morgan fingerprint density at radius 3 is 2.73 bits per heavy atom. The van der Waals surface area contributed by atoms with Crippen LogP contribution in [-0.4, -0.2) is 32.1 Å². The quantitative estimate of drug-likeness (QED) is 0.856. The molecule has 0 bridgehead atoms. The van der Waals surface area contributed by atoms with Gasteiger partial charge in [0.25, 0.3) is 5.91 Å². The summed E-state index contributed by atoms with van der Waals surface area (Å²) in [4.78, 5) is 14.6. The topological polar surface area (TPSA) is 41.6 Å². The van der Waals surface area contributed by atoms with Crippen molar-refractivity contribution in [2.75, 3.05) is 31.1 Å². The molecular formula is C21H25FN2O2. The average molecular weight is 356 g/mol. The van der Waals surface area contributed by atoms with Crippen molar-refractivity contribution in [3.05, 3.63) is 59.4 Å². The van der Waals surface area contributed by atoms with Crippen molar-refractivity contribution in [1.29, 1.82) is 0 Å². The van der Waals surface area contributed by atoms with E-state index in [9.17, 15) is 9.18 Å². The largest absolute Gasteiger partial charge is 0.494 e. The first-order valence-electron chi connectivity index (χ1n) is 9.09. The lowest BCUT2D eigenvalue weighted by Gasteiger charge is -2.19. The number of anilines is 1. The first-order valence-corrected chi connectivity index (χ1v) is 9.09. The van der Waals surface area contributed by atoms with Crippen LogP contribution in [0.5, 0.6) is 5.75 Å². The Balaban J connectivity index is 1.52. The number of nitrogens with one attached hydrogen (secondary N) is 1. The second-order valence-corrected chi connectivity index (χ2v) is 6.70. The molecule has 1 atom stereocenters. The zero-order chi connectivity index (χ0) is 18.5. The summed E-state index contributed by atoms with van der Waals surface area (Å²) in [5, 5.41) is 3.03. The van der Waals surface area contributed by atoms with Gasteiger partial charge >= 0.3 is 0 Å². The maximum Gasteiger partial charge on any atom is 0.251 e. The van der Waals surface area contributed by atoms with E-state index in [0.717, 1.165) is 36.5 Å². The number of carbonyl (C=O) groups excluding carboxylic acids is 1. The molecule has 1 aliphatic heterocycles. The van der Waals surface area contributed by atoms with E-state index >= 15 is 0 Å². The van der Waals surface area contributed by atoms with E-state index in [1.54, 1.807) is 18.2 Å². The van der Waals surface area contributed by atoms with Gasteiger partial charge in [0.15, 0.2) is 0 Å². The molecule has 0 aromatic heterocycles. The third kappa shape index (κ3) is 4.34. The van der Waals surface area contributed by atoms with Crippen LogP contribution >= 0.6 is 0 Å². The van der Waals surface area contributed by atoms with Gasteiger partial charge in [-0.15, -0.1) is 0 Å². The maximum atomic E-state index is 13.0. The molecule has 138 valence electrons. The number of ether oxygens (including phenoxy) is 1. The fraction of sp³-hybridized carbons (Fsp3) is 0.381. The Morgan fingerprint density at radius 2 is 2.04 bits per heavy atom. The molecule has 1 aliphatic rings. The summed E-state index contributed by atoms with van der Waals surface area (Å²) in [6, 6.07) is 12.1. The van der Waals surface area contributed by atoms with Gasteiger partial charge in [0.2, 0.25) is 0 Å². The van der Waals surface area contributed by atoms with E-state index in [2.05, 4.69) is 10.2 Å². The highest BCUT2D eigenvalue weighted by Crippen LogP contribution is 2.24. The van der Waals surface area contributed by atoms with Crippen molar-refractivity contribution in [3.8, 4) is 5.75 Å². The Bertz CT molecular complexity index is 761. The highest BCUT2D eigenvalue weighted by molar-refractivity contribution is 5.94. The maximum absolute atomic E-state index is 13.0. The Morgan fingerprint density at radius 1 is 1.27 bits per heavy atom. The van der Waals surface area contributed by atoms with Crippen molar-refractivity contribution < 1.29 is 13.9 Å². The Labute approximate surface area is 154 Å². The first kappa shape index (κ1) is 18.2. The zero-order valence-electron chi connectivity index (χ0n) is 15.3. The van der Waals surface area contributed by atoms with E-state index in [-0.39, 0.29) is 11.7 Å². The molecule has 4 nitrogen and oxygen atoms in total. The number of carbonyl (C=O) groups is 1. The van der Waals surface area contributed by atoms with Crippen molar-refractivity contribution in [3.63, 3.8) is 0 Å². The number of benzene rings is 2. The minimum Gasteiger partial charge on any atom is -0.494 e. The van der Waals surface area contributed by atoms with Crippen LogP contribution in [0, 0.1) is 18.7 Å². The van der Waals surface area contributed by atoms with E-state index in [1.807, 2.05) is 26.0 Å². The third-order valence-electron chi connectivity index (χ3n) is 4.77. The molecular weight excluding hydrogens is 331 g/mol. The molecule has 1 N–H and O–H groups in total. The van der Waals surface area contributed by atoms with E-state index < -0.39 is 0 Å². The smallest absolute Gasteiger partial charge is 0.251 e. The van der Waals surface area contributed by atoms with Gasteiger partial charge in [-0.2, -0.15) is 0 Å². The predicted molar refractivity (Wildman–Crippen MR) is 101 cm³/mol. The average Bonchev–Trinajstić information content (AvgIpc) is 3.11. The fourth-order valence-electron chi connectivity index (χ4n) is 3.33. The number of halogens is 1. The number of hydrogen-bond acceptors (Lipinski definition) is 3. The van der Waals surface area contributed by atoms with Crippen LogP contribution in [0.1, 0.15) is 29.3 Å². The monoisotopic (exact) mass is 356 g/mol. The van der Waals surface area contributed by atoms with Crippen LogP contribution in [0.4, 0.5) is 10.1 Å². The van der Waals surface area contributed by atoms with Crippen LogP contribution in [0.2, 0.25) is 0 Å². The number of rotatable bonds is 6. The summed E-state index contributed by atoms with van der Waals surface area (Å²) >= 11 is 0. The number of nitrogens with zero attached hydrogens (tertiary/aromatic N) is 1. The lowest BCUT2D eigenvalue weighted by Crippen LogP contribution is -2.31. The Hall–Kier alpha value is -2.56. The zero-order valence-corrected chi connectivity index (χ0v) is 15.3. The van der Waals surface area contributed by atoms with Gasteiger partial charge in [-0.1, -0.05) is 0 Å². The SMILES string of the molecule is CCOc1ccc(C(=O)NCC2CCN(c3ccc(F)cc3)C2)cc1C. The molecule has 1 amide bonds. The molecule has 1 fully saturated rings. The van der Waals surface area contributed by atoms with Crippen LogP contribution in [-0.2, 0) is 0 Å². The van der Waals surface area contributed by atoms with Crippen molar-refractivity contribution in [1.82, 2.24) is 5.32 Å². The molecule has 1 saturated heterocycles.